The third-order valence-electron chi connectivity index (χ3n) is 7.07. The van der Waals surface area contributed by atoms with Crippen molar-refractivity contribution in [2.75, 3.05) is 43.1 Å². The summed E-state index contributed by atoms with van der Waals surface area (Å²) in [5.41, 5.74) is 0.753. The fourth-order valence-corrected chi connectivity index (χ4v) is 7.86. The van der Waals surface area contributed by atoms with Crippen LogP contribution in [0.2, 0.25) is 5.02 Å². The second-order valence-corrected chi connectivity index (χ2v) is 12.7. The van der Waals surface area contributed by atoms with Gasteiger partial charge in [-0.25, -0.2) is 22.0 Å². The molecule has 2 aromatic carbocycles. The Bertz CT molecular complexity index is 1580. The maximum atomic E-state index is 14.8. The fourth-order valence-electron chi connectivity index (χ4n) is 5.45. The maximum absolute atomic E-state index is 14.8. The van der Waals surface area contributed by atoms with Crippen LogP contribution in [0.3, 0.4) is 0 Å². The molecule has 0 bridgehead atoms. The normalized spacial score (nSPS) is 22.3. The Morgan fingerprint density at radius 1 is 1.19 bits per heavy atom. The smallest absolute Gasteiger partial charge is 0.349 e. The van der Waals surface area contributed by atoms with Crippen molar-refractivity contribution in [3.63, 3.8) is 0 Å². The van der Waals surface area contributed by atoms with Crippen molar-refractivity contribution in [2.45, 2.75) is 23.5 Å². The van der Waals surface area contributed by atoms with E-state index in [4.69, 9.17) is 11.6 Å². The topological polar surface area (TPSA) is 87.5 Å². The molecule has 190 valence electrons. The van der Waals surface area contributed by atoms with Crippen LogP contribution in [0.4, 0.5) is 14.6 Å². The third-order valence-corrected chi connectivity index (χ3v) is 9.68. The zero-order valence-corrected chi connectivity index (χ0v) is 21.6. The summed E-state index contributed by atoms with van der Waals surface area (Å²) in [4.78, 5) is 20.3. The monoisotopic (exact) mass is 553 g/mol. The van der Waals surface area contributed by atoms with Crippen molar-refractivity contribution in [3.8, 4) is 11.1 Å². The molecule has 0 spiro atoms. The van der Waals surface area contributed by atoms with E-state index < -0.39 is 27.3 Å². The molecule has 0 saturated carbocycles. The molecule has 3 aromatic rings. The summed E-state index contributed by atoms with van der Waals surface area (Å²) in [6, 6.07) is 4.70. The number of rotatable bonds is 3. The molecule has 8 nitrogen and oxygen atoms in total. The number of hydrogen-bond donors (Lipinski definition) is 1. The summed E-state index contributed by atoms with van der Waals surface area (Å²) in [5, 5.41) is 4.29. The zero-order valence-electron chi connectivity index (χ0n) is 19.2. The first-order valence-corrected chi connectivity index (χ1v) is 14.6. The molecule has 4 heterocycles. The molecular formula is C23H22ClF2N5O3S2. The van der Waals surface area contributed by atoms with Gasteiger partial charge in [0.05, 0.1) is 22.8 Å². The van der Waals surface area contributed by atoms with Gasteiger partial charge in [-0.05, 0) is 18.2 Å². The molecule has 2 fully saturated rings. The second kappa shape index (κ2) is 8.66. The predicted octanol–water partition coefficient (Wildman–Crippen LogP) is 2.52. The van der Waals surface area contributed by atoms with Gasteiger partial charge in [0.1, 0.15) is 17.5 Å². The molecule has 6 rings (SSSR count). The number of piperazine rings is 1. The van der Waals surface area contributed by atoms with E-state index in [0.29, 0.717) is 59.1 Å². The lowest BCUT2D eigenvalue weighted by Crippen LogP contribution is -2.58. The molecular weight excluding hydrogens is 532 g/mol. The van der Waals surface area contributed by atoms with Gasteiger partial charge in [0.25, 0.3) is 0 Å². The van der Waals surface area contributed by atoms with Gasteiger partial charge in [0, 0.05) is 72.0 Å². The molecule has 1 N–H and O–H groups in total. The van der Waals surface area contributed by atoms with Crippen molar-refractivity contribution in [1.29, 1.82) is 0 Å². The quantitative estimate of drug-likeness (QED) is 0.533. The molecule has 3 aliphatic rings. The number of nitrogens with zero attached hydrogens (tertiary/aromatic N) is 4. The van der Waals surface area contributed by atoms with Crippen LogP contribution in [0.25, 0.3) is 22.0 Å². The van der Waals surface area contributed by atoms with Crippen LogP contribution in [-0.4, -0.2) is 72.5 Å². The highest BCUT2D eigenvalue weighted by Gasteiger charge is 2.43. The lowest BCUT2D eigenvalue weighted by molar-refractivity contribution is 0.421. The van der Waals surface area contributed by atoms with Crippen LogP contribution in [0.15, 0.2) is 34.0 Å². The number of anilines is 1. The Morgan fingerprint density at radius 3 is 2.75 bits per heavy atom. The van der Waals surface area contributed by atoms with Gasteiger partial charge in [-0.3, -0.25) is 4.57 Å². The molecule has 2 atom stereocenters. The largest absolute Gasteiger partial charge is 0.350 e. The van der Waals surface area contributed by atoms with E-state index in [2.05, 4.69) is 10.3 Å². The van der Waals surface area contributed by atoms with Gasteiger partial charge in [0.15, 0.2) is 0 Å². The standard InChI is InChI=1S/C23H22ClF2N5O3S2/c1-36(33,34)29-10-17-18(11-29)30(5-4-27-17)22-14-9-15(24)19(13-3-2-12(25)8-16(13)26)21-20(14)31(6-7-35-21)23(32)28-22/h2-3,8-9,17-18,27H,4-7,10-11H2,1H3. The molecule has 0 radical (unpaired) electrons. The van der Waals surface area contributed by atoms with Gasteiger partial charge >= 0.3 is 5.69 Å². The SMILES string of the molecule is CS(=O)(=O)N1CC2NCCN(c3nc(=O)n4c5c(c(-c6ccc(F)cc6F)c(Cl)cc35)SCC4)C2C1. The van der Waals surface area contributed by atoms with E-state index in [1.807, 2.05) is 4.90 Å². The van der Waals surface area contributed by atoms with Gasteiger partial charge < -0.3 is 10.2 Å². The lowest BCUT2D eigenvalue weighted by Gasteiger charge is -2.39. The summed E-state index contributed by atoms with van der Waals surface area (Å²) in [6.07, 6.45) is 1.19. The molecule has 2 unspecified atom stereocenters. The Morgan fingerprint density at radius 2 is 2.00 bits per heavy atom. The fraction of sp³-hybridized carbons (Fsp3) is 0.391. The Kier molecular flexibility index (Phi) is 5.80. The van der Waals surface area contributed by atoms with Gasteiger partial charge in [-0.1, -0.05) is 11.6 Å². The number of nitrogens with one attached hydrogen (secondary N) is 1. The first-order valence-electron chi connectivity index (χ1n) is 11.4. The van der Waals surface area contributed by atoms with Crippen LogP contribution < -0.4 is 15.9 Å². The average Bonchev–Trinajstić information content (AvgIpc) is 3.27. The number of fused-ring (bicyclic) bond motifs is 1. The molecule has 1 aromatic heterocycles. The second-order valence-electron chi connectivity index (χ2n) is 9.20. The molecule has 36 heavy (non-hydrogen) atoms. The summed E-state index contributed by atoms with van der Waals surface area (Å²) in [7, 11) is -3.38. The van der Waals surface area contributed by atoms with E-state index in [-0.39, 0.29) is 29.2 Å². The number of thioether (sulfide) groups is 1. The van der Waals surface area contributed by atoms with E-state index in [0.717, 1.165) is 6.07 Å². The van der Waals surface area contributed by atoms with Crippen molar-refractivity contribution >= 4 is 50.1 Å². The predicted molar refractivity (Wildman–Crippen MR) is 136 cm³/mol. The first kappa shape index (κ1) is 24.1. The van der Waals surface area contributed by atoms with Gasteiger partial charge in [0.2, 0.25) is 10.0 Å². The maximum Gasteiger partial charge on any atom is 0.350 e. The Hall–Kier alpha value is -2.25. The molecule has 3 aliphatic heterocycles. The highest BCUT2D eigenvalue weighted by atomic mass is 35.5. The van der Waals surface area contributed by atoms with Crippen molar-refractivity contribution < 1.29 is 17.2 Å². The molecule has 0 aliphatic carbocycles. The lowest BCUT2D eigenvalue weighted by atomic mass is 10.0. The number of sulfonamides is 1. The summed E-state index contributed by atoms with van der Waals surface area (Å²) in [6.45, 7) is 2.17. The van der Waals surface area contributed by atoms with Crippen LogP contribution >= 0.6 is 23.4 Å². The van der Waals surface area contributed by atoms with Gasteiger partial charge in [-0.15, -0.1) is 11.8 Å². The summed E-state index contributed by atoms with van der Waals surface area (Å²) >= 11 is 8.21. The van der Waals surface area contributed by atoms with Crippen molar-refractivity contribution in [2.24, 2.45) is 0 Å². The van der Waals surface area contributed by atoms with Crippen molar-refractivity contribution in [3.05, 3.63) is 51.4 Å². The minimum atomic E-state index is -3.38. The van der Waals surface area contributed by atoms with E-state index in [1.54, 1.807) is 10.6 Å². The number of hydrogen-bond acceptors (Lipinski definition) is 7. The summed E-state index contributed by atoms with van der Waals surface area (Å²) < 4.78 is 55.9. The van der Waals surface area contributed by atoms with E-state index in [1.165, 1.54) is 34.5 Å². The van der Waals surface area contributed by atoms with Gasteiger partial charge in [-0.2, -0.15) is 9.29 Å². The summed E-state index contributed by atoms with van der Waals surface area (Å²) in [5.74, 6) is -0.416. The van der Waals surface area contributed by atoms with Crippen LogP contribution in [0.5, 0.6) is 0 Å². The van der Waals surface area contributed by atoms with Crippen molar-refractivity contribution in [1.82, 2.24) is 19.2 Å². The molecule has 2 saturated heterocycles. The minimum absolute atomic E-state index is 0.113. The first-order chi connectivity index (χ1) is 17.1. The van der Waals surface area contributed by atoms with Crippen LogP contribution in [-0.2, 0) is 16.6 Å². The number of benzene rings is 2. The zero-order chi connectivity index (χ0) is 25.4. The Balaban J connectivity index is 1.56. The number of aryl methyl sites for hydroxylation is 1. The number of aromatic nitrogens is 2. The number of halogens is 3. The van der Waals surface area contributed by atoms with Crippen LogP contribution in [0, 0.1) is 11.6 Å². The average molecular weight is 554 g/mol. The minimum Gasteiger partial charge on any atom is -0.349 e. The third kappa shape index (κ3) is 3.81. The van der Waals surface area contributed by atoms with Crippen LogP contribution in [0.1, 0.15) is 0 Å². The Labute approximate surface area is 215 Å². The van der Waals surface area contributed by atoms with E-state index >= 15 is 0 Å². The molecule has 0 amide bonds. The highest BCUT2D eigenvalue weighted by molar-refractivity contribution is 7.99. The molecule has 13 heteroatoms. The van der Waals surface area contributed by atoms with E-state index in [9.17, 15) is 22.0 Å². The highest BCUT2D eigenvalue weighted by Crippen LogP contribution is 2.46.